The Balaban J connectivity index is 1.34. The lowest BCUT2D eigenvalue weighted by atomic mass is 10.2. The molecule has 2 heterocycles. The van der Waals surface area contributed by atoms with E-state index in [1.807, 2.05) is 36.4 Å². The number of anilines is 1. The summed E-state index contributed by atoms with van der Waals surface area (Å²) in [6.45, 7) is 1.22. The van der Waals surface area contributed by atoms with Crippen molar-refractivity contribution in [3.63, 3.8) is 0 Å². The predicted octanol–water partition coefficient (Wildman–Crippen LogP) is 3.03. The predicted molar refractivity (Wildman–Crippen MR) is 104 cm³/mol. The van der Waals surface area contributed by atoms with Crippen molar-refractivity contribution in [2.75, 3.05) is 24.6 Å². The molecule has 1 saturated heterocycles. The van der Waals surface area contributed by atoms with Gasteiger partial charge in [-0.05, 0) is 42.5 Å². The Kier molecular flexibility index (Phi) is 4.73. The van der Waals surface area contributed by atoms with Gasteiger partial charge < -0.3 is 10.1 Å². The van der Waals surface area contributed by atoms with Crippen molar-refractivity contribution in [1.29, 1.82) is 0 Å². The number of thiazole rings is 1. The highest BCUT2D eigenvalue weighted by atomic mass is 32.1. The molecule has 3 aromatic rings. The molecule has 0 spiro atoms. The number of hydrogen-bond acceptors (Lipinski definition) is 5. The third-order valence-corrected chi connectivity index (χ3v) is 4.90. The standard InChI is InChI=1S/C20H15N3O3S/c24-19(15-5-8-17-18(12-15)27-13-22-17)21-9-1-2-14-3-6-16(7-4-14)23-10-11-26-20(23)25/h3-8,12-13H,9-11H2,(H,21,24). The molecule has 0 unspecified atom stereocenters. The van der Waals surface area contributed by atoms with Crippen molar-refractivity contribution in [2.45, 2.75) is 0 Å². The molecule has 1 aliphatic rings. The summed E-state index contributed by atoms with van der Waals surface area (Å²) in [6, 6.07) is 12.8. The quantitative estimate of drug-likeness (QED) is 0.712. The maximum atomic E-state index is 12.2. The highest BCUT2D eigenvalue weighted by molar-refractivity contribution is 7.16. The Hall–Kier alpha value is -3.37. The van der Waals surface area contributed by atoms with Gasteiger partial charge in [0.05, 0.1) is 28.8 Å². The lowest BCUT2D eigenvalue weighted by Gasteiger charge is -2.11. The molecule has 134 valence electrons. The summed E-state index contributed by atoms with van der Waals surface area (Å²) in [4.78, 5) is 29.5. The van der Waals surface area contributed by atoms with Crippen LogP contribution in [0.15, 0.2) is 48.0 Å². The number of aromatic nitrogens is 1. The number of cyclic esters (lactones) is 1. The van der Waals surface area contributed by atoms with Gasteiger partial charge in [-0.1, -0.05) is 11.8 Å². The number of nitrogens with one attached hydrogen (secondary N) is 1. The number of fused-ring (bicyclic) bond motifs is 1. The molecule has 27 heavy (non-hydrogen) atoms. The maximum absolute atomic E-state index is 12.2. The first-order valence-electron chi connectivity index (χ1n) is 8.35. The highest BCUT2D eigenvalue weighted by Gasteiger charge is 2.23. The Morgan fingerprint density at radius 1 is 1.26 bits per heavy atom. The van der Waals surface area contributed by atoms with Gasteiger partial charge in [-0.25, -0.2) is 9.78 Å². The maximum Gasteiger partial charge on any atom is 0.414 e. The number of rotatable bonds is 3. The topological polar surface area (TPSA) is 71.5 Å². The van der Waals surface area contributed by atoms with Gasteiger partial charge in [0.1, 0.15) is 6.61 Å². The van der Waals surface area contributed by atoms with E-state index in [1.54, 1.807) is 16.5 Å². The van der Waals surface area contributed by atoms with E-state index in [0.29, 0.717) is 18.7 Å². The van der Waals surface area contributed by atoms with Gasteiger partial charge in [-0.15, -0.1) is 11.3 Å². The Bertz CT molecular complexity index is 1060. The fraction of sp³-hybridized carbons (Fsp3) is 0.150. The molecule has 0 radical (unpaired) electrons. The number of carbonyl (C=O) groups excluding carboxylic acids is 2. The van der Waals surface area contributed by atoms with E-state index in [9.17, 15) is 9.59 Å². The van der Waals surface area contributed by atoms with Crippen LogP contribution in [0.3, 0.4) is 0 Å². The number of carbonyl (C=O) groups is 2. The molecule has 0 bridgehead atoms. The molecule has 1 aromatic heterocycles. The Morgan fingerprint density at radius 2 is 2.11 bits per heavy atom. The van der Waals surface area contributed by atoms with E-state index in [1.165, 1.54) is 11.3 Å². The molecule has 1 aliphatic heterocycles. The number of ether oxygens (including phenoxy) is 1. The SMILES string of the molecule is O=C(NCC#Cc1ccc(N2CCOC2=O)cc1)c1ccc2ncsc2c1. The summed E-state index contributed by atoms with van der Waals surface area (Å²) in [5.74, 6) is 5.77. The zero-order valence-corrected chi connectivity index (χ0v) is 15.1. The van der Waals surface area contributed by atoms with Crippen LogP contribution in [-0.2, 0) is 4.74 Å². The van der Waals surface area contributed by atoms with E-state index >= 15 is 0 Å². The summed E-state index contributed by atoms with van der Waals surface area (Å²) in [5, 5.41) is 2.79. The van der Waals surface area contributed by atoms with Gasteiger partial charge in [0, 0.05) is 16.8 Å². The first-order valence-corrected chi connectivity index (χ1v) is 9.23. The van der Waals surface area contributed by atoms with Crippen LogP contribution >= 0.6 is 11.3 Å². The Labute approximate surface area is 159 Å². The van der Waals surface area contributed by atoms with Crippen LogP contribution in [0, 0.1) is 11.8 Å². The van der Waals surface area contributed by atoms with Crippen LogP contribution < -0.4 is 10.2 Å². The molecular weight excluding hydrogens is 362 g/mol. The van der Waals surface area contributed by atoms with Gasteiger partial charge >= 0.3 is 6.09 Å². The van der Waals surface area contributed by atoms with Gasteiger partial charge in [0.2, 0.25) is 0 Å². The van der Waals surface area contributed by atoms with E-state index in [4.69, 9.17) is 4.74 Å². The summed E-state index contributed by atoms with van der Waals surface area (Å²) >= 11 is 1.50. The minimum atomic E-state index is -0.326. The third-order valence-electron chi connectivity index (χ3n) is 4.10. The smallest absolute Gasteiger partial charge is 0.414 e. The van der Waals surface area contributed by atoms with E-state index in [0.717, 1.165) is 21.5 Å². The second kappa shape index (κ2) is 7.48. The second-order valence-corrected chi connectivity index (χ2v) is 6.72. The number of nitrogens with zero attached hydrogens (tertiary/aromatic N) is 2. The zero-order valence-electron chi connectivity index (χ0n) is 14.3. The van der Waals surface area contributed by atoms with Crippen LogP contribution in [0.1, 0.15) is 15.9 Å². The van der Waals surface area contributed by atoms with Gasteiger partial charge in [0.15, 0.2) is 0 Å². The van der Waals surface area contributed by atoms with Crippen LogP contribution in [0.25, 0.3) is 10.2 Å². The van der Waals surface area contributed by atoms with E-state index in [2.05, 4.69) is 22.1 Å². The third kappa shape index (κ3) is 3.76. The van der Waals surface area contributed by atoms with Gasteiger partial charge in [-0.2, -0.15) is 0 Å². The lowest BCUT2D eigenvalue weighted by Crippen LogP contribution is -2.23. The second-order valence-electron chi connectivity index (χ2n) is 5.83. The van der Waals surface area contributed by atoms with Gasteiger partial charge in [-0.3, -0.25) is 9.69 Å². The molecule has 6 nitrogen and oxygen atoms in total. The average molecular weight is 377 g/mol. The largest absolute Gasteiger partial charge is 0.447 e. The Morgan fingerprint density at radius 3 is 2.89 bits per heavy atom. The molecule has 2 aromatic carbocycles. The zero-order chi connectivity index (χ0) is 18.6. The minimum Gasteiger partial charge on any atom is -0.447 e. The normalized spacial score (nSPS) is 13.2. The lowest BCUT2D eigenvalue weighted by molar-refractivity contribution is 0.0959. The molecule has 1 fully saturated rings. The molecule has 1 N–H and O–H groups in total. The van der Waals surface area contributed by atoms with Crippen molar-refractivity contribution < 1.29 is 14.3 Å². The first kappa shape index (κ1) is 17.1. The van der Waals surface area contributed by atoms with Crippen LogP contribution in [-0.4, -0.2) is 36.7 Å². The fourth-order valence-corrected chi connectivity index (χ4v) is 3.44. The summed E-state index contributed by atoms with van der Waals surface area (Å²) in [5.41, 5.74) is 4.84. The van der Waals surface area contributed by atoms with Crippen molar-refractivity contribution in [2.24, 2.45) is 0 Å². The van der Waals surface area contributed by atoms with Crippen molar-refractivity contribution in [3.8, 4) is 11.8 Å². The molecular formula is C20H15N3O3S. The molecule has 4 rings (SSSR count). The van der Waals surface area contributed by atoms with Crippen LogP contribution in [0.2, 0.25) is 0 Å². The summed E-state index contributed by atoms with van der Waals surface area (Å²) in [6.07, 6.45) is -0.326. The van der Waals surface area contributed by atoms with Crippen LogP contribution in [0.5, 0.6) is 0 Å². The molecule has 2 amide bonds. The number of hydrogen-bond donors (Lipinski definition) is 1. The van der Waals surface area contributed by atoms with E-state index < -0.39 is 0 Å². The average Bonchev–Trinajstić information content (AvgIpc) is 3.33. The number of amides is 2. The van der Waals surface area contributed by atoms with Crippen LogP contribution in [0.4, 0.5) is 10.5 Å². The highest BCUT2D eigenvalue weighted by Crippen LogP contribution is 2.19. The van der Waals surface area contributed by atoms with Gasteiger partial charge in [0.25, 0.3) is 5.91 Å². The van der Waals surface area contributed by atoms with Crippen molar-refractivity contribution in [3.05, 3.63) is 59.1 Å². The fourth-order valence-electron chi connectivity index (χ4n) is 2.72. The summed E-state index contributed by atoms with van der Waals surface area (Å²) < 4.78 is 5.91. The first-order chi connectivity index (χ1) is 13.2. The molecule has 0 saturated carbocycles. The minimum absolute atomic E-state index is 0.164. The summed E-state index contributed by atoms with van der Waals surface area (Å²) in [7, 11) is 0. The van der Waals surface area contributed by atoms with Crippen molar-refractivity contribution >= 4 is 39.2 Å². The monoisotopic (exact) mass is 377 g/mol. The molecule has 0 atom stereocenters. The molecule has 0 aliphatic carbocycles. The van der Waals surface area contributed by atoms with Crippen molar-refractivity contribution in [1.82, 2.24) is 10.3 Å². The molecule has 7 heteroatoms. The van der Waals surface area contributed by atoms with E-state index in [-0.39, 0.29) is 18.5 Å². The number of benzene rings is 2.